The van der Waals surface area contributed by atoms with Crippen LogP contribution >= 0.6 is 0 Å². The second kappa shape index (κ2) is 10.7. The Hall–Kier alpha value is -3.42. The molecule has 2 aromatic heterocycles. The Kier molecular flexibility index (Phi) is 6.83. The lowest BCUT2D eigenvalue weighted by molar-refractivity contribution is 0.0716. The lowest BCUT2D eigenvalue weighted by atomic mass is 9.91. The van der Waals surface area contributed by atoms with Gasteiger partial charge in [-0.25, -0.2) is 4.98 Å². The summed E-state index contributed by atoms with van der Waals surface area (Å²) in [4.78, 5) is 9.74. The summed E-state index contributed by atoms with van der Waals surface area (Å²) in [6, 6.07) is 25.2. The molecule has 7 heteroatoms. The van der Waals surface area contributed by atoms with E-state index in [4.69, 9.17) is 14.2 Å². The molecule has 2 aromatic carbocycles. The van der Waals surface area contributed by atoms with E-state index in [0.717, 1.165) is 74.2 Å². The molecular weight excluding hydrogens is 450 g/mol. The fraction of sp³-hybridized carbons (Fsp3) is 0.379. The van der Waals surface area contributed by atoms with Crippen molar-refractivity contribution in [3.05, 3.63) is 84.1 Å². The van der Waals surface area contributed by atoms with Gasteiger partial charge in [0.15, 0.2) is 11.4 Å². The molecule has 2 aliphatic heterocycles. The molecule has 1 N–H and O–H groups in total. The Labute approximate surface area is 212 Å². The van der Waals surface area contributed by atoms with Crippen LogP contribution in [0.15, 0.2) is 77.3 Å². The number of anilines is 1. The minimum absolute atomic E-state index is 0.530. The highest BCUT2D eigenvalue weighted by Gasteiger charge is 2.34. The number of fused-ring (bicyclic) bond motifs is 2. The molecule has 0 radical (unpaired) electrons. The zero-order valence-corrected chi connectivity index (χ0v) is 20.6. The fourth-order valence-electron chi connectivity index (χ4n) is 5.46. The number of nitrogens with zero attached hydrogens (tertiary/aromatic N) is 4. The van der Waals surface area contributed by atoms with Crippen molar-refractivity contribution >= 4 is 16.8 Å². The molecule has 2 fully saturated rings. The molecule has 4 aromatic rings. The summed E-state index contributed by atoms with van der Waals surface area (Å²) >= 11 is 0. The van der Waals surface area contributed by atoms with Gasteiger partial charge in [0.05, 0.1) is 17.7 Å². The van der Waals surface area contributed by atoms with Crippen molar-refractivity contribution in [1.29, 1.82) is 0 Å². The zero-order chi connectivity index (χ0) is 24.2. The maximum absolute atomic E-state index is 6.16. The van der Waals surface area contributed by atoms with E-state index >= 15 is 0 Å². The van der Waals surface area contributed by atoms with Crippen LogP contribution in [0.2, 0.25) is 0 Å². The number of aromatic nitrogens is 2. The second-order valence-corrected chi connectivity index (χ2v) is 9.91. The summed E-state index contributed by atoms with van der Waals surface area (Å²) in [6.07, 6.45) is 2.35. The summed E-state index contributed by atoms with van der Waals surface area (Å²) in [5, 5.41) is 8.95. The maximum Gasteiger partial charge on any atom is 0.213 e. The average molecular weight is 484 g/mol. The predicted octanol–water partition coefficient (Wildman–Crippen LogP) is 4.49. The summed E-state index contributed by atoms with van der Waals surface area (Å²) in [5.41, 5.74) is 3.14. The number of benzene rings is 2. The van der Waals surface area contributed by atoms with Crippen molar-refractivity contribution in [3.8, 4) is 5.88 Å². The molecule has 0 unspecified atom stereocenters. The largest absolute Gasteiger partial charge is 0.477 e. The molecule has 186 valence electrons. The van der Waals surface area contributed by atoms with Crippen LogP contribution in [0, 0.1) is 5.92 Å². The minimum atomic E-state index is 0.530. The lowest BCUT2D eigenvalue weighted by Crippen LogP contribution is -2.57. The molecule has 6 rings (SSSR count). The molecule has 0 spiro atoms. The summed E-state index contributed by atoms with van der Waals surface area (Å²) in [5.74, 6) is 2.24. The first-order chi connectivity index (χ1) is 17.8. The van der Waals surface area contributed by atoms with E-state index in [-0.39, 0.29) is 0 Å². The van der Waals surface area contributed by atoms with Gasteiger partial charge in [0.2, 0.25) is 5.88 Å². The van der Waals surface area contributed by atoms with Crippen molar-refractivity contribution in [3.63, 3.8) is 0 Å². The minimum Gasteiger partial charge on any atom is -0.477 e. The van der Waals surface area contributed by atoms with Gasteiger partial charge in [0.1, 0.15) is 0 Å². The normalized spacial score (nSPS) is 20.4. The van der Waals surface area contributed by atoms with Crippen LogP contribution in [0.1, 0.15) is 24.1 Å². The standard InChI is InChI=1S/C29H33N5O2/c1-2-7-22(8-3-1)17-30-18-24-9-6-12-28(31-24)35-21-23-13-14-25-20-34(16-15-33(25)19-23)29-26-10-4-5-11-27(26)36-32-29/h1-12,23,25,30H,13-21H2/t23-,25-/m1/s1. The number of nitrogens with one attached hydrogen (secondary N) is 1. The zero-order valence-electron chi connectivity index (χ0n) is 20.6. The van der Waals surface area contributed by atoms with Crippen LogP contribution in [0.25, 0.3) is 11.0 Å². The lowest BCUT2D eigenvalue weighted by Gasteiger charge is -2.46. The van der Waals surface area contributed by atoms with Crippen molar-refractivity contribution in [2.75, 3.05) is 37.7 Å². The third-order valence-corrected chi connectivity index (χ3v) is 7.39. The van der Waals surface area contributed by atoms with Gasteiger partial charge in [-0.15, -0.1) is 0 Å². The Morgan fingerprint density at radius 3 is 2.72 bits per heavy atom. The summed E-state index contributed by atoms with van der Waals surface area (Å²) < 4.78 is 11.7. The van der Waals surface area contributed by atoms with Gasteiger partial charge in [0, 0.05) is 57.3 Å². The number of hydrogen-bond donors (Lipinski definition) is 1. The van der Waals surface area contributed by atoms with Gasteiger partial charge in [-0.05, 0) is 36.6 Å². The van der Waals surface area contributed by atoms with Crippen molar-refractivity contribution < 1.29 is 9.26 Å². The number of para-hydroxylation sites is 1. The summed E-state index contributed by atoms with van der Waals surface area (Å²) in [7, 11) is 0. The van der Waals surface area contributed by atoms with Gasteiger partial charge in [-0.1, -0.05) is 53.7 Å². The predicted molar refractivity (Wildman–Crippen MR) is 141 cm³/mol. The molecule has 0 saturated carbocycles. The molecular formula is C29H33N5O2. The number of hydrogen-bond acceptors (Lipinski definition) is 7. The van der Waals surface area contributed by atoms with Crippen LogP contribution in [-0.4, -0.2) is 53.9 Å². The Morgan fingerprint density at radius 1 is 0.889 bits per heavy atom. The van der Waals surface area contributed by atoms with E-state index in [1.165, 1.54) is 18.4 Å². The van der Waals surface area contributed by atoms with Crippen molar-refractivity contribution in [1.82, 2.24) is 20.4 Å². The quantitative estimate of drug-likeness (QED) is 0.396. The van der Waals surface area contributed by atoms with Crippen LogP contribution in [0.5, 0.6) is 5.88 Å². The first-order valence-corrected chi connectivity index (χ1v) is 13.0. The molecule has 2 atom stereocenters. The van der Waals surface area contributed by atoms with Crippen LogP contribution in [0.3, 0.4) is 0 Å². The topological polar surface area (TPSA) is 66.7 Å². The highest BCUT2D eigenvalue weighted by molar-refractivity contribution is 5.88. The first kappa shape index (κ1) is 23.0. The Morgan fingerprint density at radius 2 is 1.78 bits per heavy atom. The van der Waals surface area contributed by atoms with Crippen LogP contribution in [-0.2, 0) is 13.1 Å². The first-order valence-electron chi connectivity index (χ1n) is 13.0. The number of piperazine rings is 1. The number of rotatable bonds is 8. The second-order valence-electron chi connectivity index (χ2n) is 9.91. The molecule has 7 nitrogen and oxygen atoms in total. The van der Waals surface area contributed by atoms with E-state index in [0.29, 0.717) is 12.0 Å². The van der Waals surface area contributed by atoms with Gasteiger partial charge < -0.3 is 19.5 Å². The van der Waals surface area contributed by atoms with Gasteiger partial charge >= 0.3 is 0 Å². The van der Waals surface area contributed by atoms with E-state index in [2.05, 4.69) is 56.7 Å². The SMILES string of the molecule is c1ccc(CNCc2cccc(OC[C@@H]3CC[C@@H]4CN(c5noc6ccccc56)CCN4C3)n2)cc1. The molecule has 36 heavy (non-hydrogen) atoms. The number of pyridine rings is 1. The Balaban J connectivity index is 0.982. The highest BCUT2D eigenvalue weighted by atomic mass is 16.5. The van der Waals surface area contributed by atoms with Gasteiger partial charge in [-0.3, -0.25) is 4.90 Å². The summed E-state index contributed by atoms with van der Waals surface area (Å²) in [6.45, 7) is 6.37. The van der Waals surface area contributed by atoms with E-state index in [1.54, 1.807) is 0 Å². The smallest absolute Gasteiger partial charge is 0.213 e. The maximum atomic E-state index is 6.16. The van der Waals surface area contributed by atoms with Crippen LogP contribution < -0.4 is 15.0 Å². The van der Waals surface area contributed by atoms with Crippen molar-refractivity contribution in [2.24, 2.45) is 5.92 Å². The number of ether oxygens (including phenoxy) is 1. The Bertz CT molecular complexity index is 1280. The third-order valence-electron chi connectivity index (χ3n) is 7.39. The molecule has 0 bridgehead atoms. The molecule has 0 amide bonds. The van der Waals surface area contributed by atoms with Gasteiger partial charge in [-0.2, -0.15) is 0 Å². The van der Waals surface area contributed by atoms with E-state index < -0.39 is 0 Å². The fourth-order valence-corrected chi connectivity index (χ4v) is 5.46. The van der Waals surface area contributed by atoms with E-state index in [9.17, 15) is 0 Å². The molecule has 2 aliphatic rings. The molecule has 2 saturated heterocycles. The van der Waals surface area contributed by atoms with Crippen molar-refractivity contribution in [2.45, 2.75) is 32.0 Å². The average Bonchev–Trinajstić information content (AvgIpc) is 3.37. The van der Waals surface area contributed by atoms with E-state index in [1.807, 2.05) is 36.4 Å². The molecule has 0 aliphatic carbocycles. The van der Waals surface area contributed by atoms with Crippen LogP contribution in [0.4, 0.5) is 5.82 Å². The highest BCUT2D eigenvalue weighted by Crippen LogP contribution is 2.31. The monoisotopic (exact) mass is 483 g/mol. The third kappa shape index (κ3) is 5.22. The van der Waals surface area contributed by atoms with Gasteiger partial charge in [0.25, 0.3) is 0 Å². The number of piperidine rings is 1. The molecule has 4 heterocycles.